The summed E-state index contributed by atoms with van der Waals surface area (Å²) < 4.78 is 31.5. The summed E-state index contributed by atoms with van der Waals surface area (Å²) in [6.45, 7) is 11.3. The Morgan fingerprint density at radius 1 is 1.05 bits per heavy atom. The average Bonchev–Trinajstić information content (AvgIpc) is 3.52. The third-order valence-corrected chi connectivity index (χ3v) is 12.8. The van der Waals surface area contributed by atoms with E-state index in [4.69, 9.17) is 23.7 Å². The molecule has 0 aromatic carbocycles. The van der Waals surface area contributed by atoms with Gasteiger partial charge in [-0.15, -0.1) is 0 Å². The second kappa shape index (κ2) is 8.45. The Balaban J connectivity index is 1.34. The number of fused-ring (bicyclic) bond motifs is 2. The summed E-state index contributed by atoms with van der Waals surface area (Å²) in [6, 6.07) is 0. The van der Waals surface area contributed by atoms with E-state index in [-0.39, 0.29) is 60.7 Å². The van der Waals surface area contributed by atoms with Gasteiger partial charge in [-0.25, -0.2) is 0 Å². The lowest BCUT2D eigenvalue weighted by molar-refractivity contribution is -0.270. The van der Waals surface area contributed by atoms with Crippen LogP contribution >= 0.6 is 0 Å². The van der Waals surface area contributed by atoms with Crippen LogP contribution in [-0.4, -0.2) is 81.0 Å². The van der Waals surface area contributed by atoms with Crippen LogP contribution in [0.3, 0.4) is 0 Å². The molecule has 0 aromatic heterocycles. The number of esters is 3. The van der Waals surface area contributed by atoms with Crippen molar-refractivity contribution >= 4 is 17.9 Å². The summed E-state index contributed by atoms with van der Waals surface area (Å²) in [7, 11) is 0. The molecule has 0 radical (unpaired) electrons. The van der Waals surface area contributed by atoms with Crippen molar-refractivity contribution in [1.82, 2.24) is 0 Å². The Morgan fingerprint density at radius 3 is 2.44 bits per heavy atom. The number of ether oxygens (including phenoxy) is 5. The van der Waals surface area contributed by atoms with E-state index in [2.05, 4.69) is 6.92 Å². The zero-order chi connectivity index (χ0) is 29.5. The lowest BCUT2D eigenvalue weighted by atomic mass is 9.50. The Bertz CT molecular complexity index is 1190. The molecule has 228 valence electrons. The molecular formula is C31H44O10. The predicted octanol–water partition coefficient (Wildman–Crippen LogP) is 2.44. The number of rotatable bonds is 2. The SMILES string of the molecule is CC(=O)O[C@@H]1C[C@H]2C(C)(C)O[C@@H]3CC(=O)O[C@@]32C[C@@]2(O)CC[C@]34O[C@@H]([C@@H]5CC(C)C(=O)O5)[C@@H](C)[C@H]3C[C@H](O)[C@]4(C)[C@H]12. The average molecular weight is 577 g/mol. The van der Waals surface area contributed by atoms with Gasteiger partial charge in [0.05, 0.1) is 41.3 Å². The molecule has 41 heavy (non-hydrogen) atoms. The first-order valence-electron chi connectivity index (χ1n) is 15.4. The summed E-state index contributed by atoms with van der Waals surface area (Å²) >= 11 is 0. The number of carbonyl (C=O) groups excluding carboxylic acids is 3. The fourth-order valence-corrected chi connectivity index (χ4v) is 11.2. The first kappa shape index (κ1) is 28.0. The van der Waals surface area contributed by atoms with Gasteiger partial charge in [0.15, 0.2) is 0 Å². The van der Waals surface area contributed by atoms with Crippen LogP contribution < -0.4 is 0 Å². The van der Waals surface area contributed by atoms with Crippen LogP contribution in [0.15, 0.2) is 0 Å². The summed E-state index contributed by atoms with van der Waals surface area (Å²) in [4.78, 5) is 37.6. The summed E-state index contributed by atoms with van der Waals surface area (Å²) in [5, 5.41) is 24.7. The number of aliphatic hydroxyl groups is 2. The van der Waals surface area contributed by atoms with Crippen molar-refractivity contribution in [3.63, 3.8) is 0 Å². The van der Waals surface area contributed by atoms with Crippen molar-refractivity contribution in [3.05, 3.63) is 0 Å². The van der Waals surface area contributed by atoms with Crippen LogP contribution in [0.1, 0.15) is 86.5 Å². The fraction of sp³-hybridized carbons (Fsp3) is 0.903. The zero-order valence-electron chi connectivity index (χ0n) is 24.9. The minimum atomic E-state index is -1.42. The van der Waals surface area contributed by atoms with Gasteiger partial charge in [0.1, 0.15) is 23.9 Å². The Labute approximate surface area is 240 Å². The molecule has 1 unspecified atom stereocenters. The van der Waals surface area contributed by atoms with E-state index >= 15 is 0 Å². The molecule has 2 N–H and O–H groups in total. The molecule has 7 rings (SSSR count). The molecule has 4 aliphatic heterocycles. The van der Waals surface area contributed by atoms with Crippen molar-refractivity contribution in [2.24, 2.45) is 35.0 Å². The molecule has 4 saturated heterocycles. The van der Waals surface area contributed by atoms with Crippen molar-refractivity contribution in [1.29, 1.82) is 0 Å². The van der Waals surface area contributed by atoms with Crippen LogP contribution in [0.5, 0.6) is 0 Å². The van der Waals surface area contributed by atoms with Gasteiger partial charge in [-0.2, -0.15) is 0 Å². The zero-order valence-corrected chi connectivity index (χ0v) is 24.9. The molecule has 0 amide bonds. The normalized spacial score (nSPS) is 56.6. The number of carbonyl (C=O) groups is 3. The topological polar surface area (TPSA) is 138 Å². The minimum absolute atomic E-state index is 0.0178. The van der Waals surface area contributed by atoms with Crippen molar-refractivity contribution in [3.8, 4) is 0 Å². The molecule has 3 saturated carbocycles. The molecule has 0 bridgehead atoms. The number of aliphatic hydroxyl groups excluding tert-OH is 1. The van der Waals surface area contributed by atoms with E-state index in [1.165, 1.54) is 6.92 Å². The minimum Gasteiger partial charge on any atom is -0.462 e. The lowest BCUT2D eigenvalue weighted by Crippen LogP contribution is -2.68. The number of cyclic esters (lactones) is 1. The van der Waals surface area contributed by atoms with Gasteiger partial charge in [-0.3, -0.25) is 14.4 Å². The fourth-order valence-electron chi connectivity index (χ4n) is 11.2. The van der Waals surface area contributed by atoms with Crippen molar-refractivity contribution in [2.75, 3.05) is 0 Å². The van der Waals surface area contributed by atoms with Crippen LogP contribution in [0.2, 0.25) is 0 Å². The van der Waals surface area contributed by atoms with Gasteiger partial charge >= 0.3 is 17.9 Å². The highest BCUT2D eigenvalue weighted by atomic mass is 16.6. The van der Waals surface area contributed by atoms with Gasteiger partial charge in [-0.1, -0.05) is 20.8 Å². The van der Waals surface area contributed by atoms with E-state index in [1.807, 2.05) is 27.7 Å². The maximum absolute atomic E-state index is 12.8. The van der Waals surface area contributed by atoms with Gasteiger partial charge in [-0.05, 0) is 57.8 Å². The van der Waals surface area contributed by atoms with Crippen molar-refractivity contribution < 1.29 is 48.3 Å². The first-order chi connectivity index (χ1) is 19.1. The molecule has 0 aromatic rings. The Hall–Kier alpha value is -1.75. The smallest absolute Gasteiger partial charge is 0.309 e. The van der Waals surface area contributed by atoms with Crippen LogP contribution in [-0.2, 0) is 38.1 Å². The largest absolute Gasteiger partial charge is 0.462 e. The molecule has 3 aliphatic carbocycles. The maximum Gasteiger partial charge on any atom is 0.309 e. The van der Waals surface area contributed by atoms with E-state index in [0.717, 1.165) is 0 Å². The molecule has 10 heteroatoms. The molecular weight excluding hydrogens is 532 g/mol. The standard InChI is InChI=1S/C31H44O10/c1-14-9-18(38-26(14)35)24-15(2)17-10-21(33)28(6)25-19(37-16(3)32)11-20-27(4,5)39-22-12-23(34)40-30(20,22)13-29(25,36)7-8-31(17,28)41-24/h14-15,17-22,24-25,33,36H,7-13H2,1-6H3/t14?,15-,17+,18-,19+,20-,21-,22+,24+,25-,28+,29-,30+,31-/m0/s1. The lowest BCUT2D eigenvalue weighted by Gasteiger charge is -2.60. The summed E-state index contributed by atoms with van der Waals surface area (Å²) in [5.74, 6) is -2.24. The van der Waals surface area contributed by atoms with Crippen LogP contribution in [0.25, 0.3) is 0 Å². The molecule has 2 spiro atoms. The summed E-state index contributed by atoms with van der Waals surface area (Å²) in [6.07, 6.45) is -0.320. The Morgan fingerprint density at radius 2 is 1.78 bits per heavy atom. The van der Waals surface area contributed by atoms with E-state index in [1.54, 1.807) is 0 Å². The molecule has 4 heterocycles. The third-order valence-electron chi connectivity index (χ3n) is 12.8. The quantitative estimate of drug-likeness (QED) is 0.372. The van der Waals surface area contributed by atoms with Gasteiger partial charge in [0.2, 0.25) is 0 Å². The molecule has 7 aliphatic rings. The molecule has 14 atom stereocenters. The van der Waals surface area contributed by atoms with E-state index in [9.17, 15) is 24.6 Å². The number of hydrogen-bond donors (Lipinski definition) is 2. The first-order valence-corrected chi connectivity index (χ1v) is 15.4. The highest BCUT2D eigenvalue weighted by Gasteiger charge is 2.80. The third kappa shape index (κ3) is 3.42. The van der Waals surface area contributed by atoms with E-state index in [0.29, 0.717) is 32.1 Å². The summed E-state index contributed by atoms with van der Waals surface area (Å²) in [5.41, 5.74) is -4.95. The predicted molar refractivity (Wildman–Crippen MR) is 141 cm³/mol. The Kier molecular flexibility index (Phi) is 5.78. The van der Waals surface area contributed by atoms with Gasteiger partial charge in [0, 0.05) is 30.6 Å². The maximum atomic E-state index is 12.8. The van der Waals surface area contributed by atoms with Crippen molar-refractivity contribution in [2.45, 2.75) is 139 Å². The second-order valence-corrected chi connectivity index (χ2v) is 15.1. The highest BCUT2D eigenvalue weighted by Crippen LogP contribution is 2.73. The van der Waals surface area contributed by atoms with Gasteiger partial charge in [0.25, 0.3) is 0 Å². The van der Waals surface area contributed by atoms with E-state index < -0.39 is 58.0 Å². The number of hydrogen-bond acceptors (Lipinski definition) is 10. The monoisotopic (exact) mass is 576 g/mol. The second-order valence-electron chi connectivity index (χ2n) is 15.1. The van der Waals surface area contributed by atoms with Gasteiger partial charge < -0.3 is 33.9 Å². The highest BCUT2D eigenvalue weighted by molar-refractivity contribution is 5.74. The van der Waals surface area contributed by atoms with Crippen LogP contribution in [0.4, 0.5) is 0 Å². The van der Waals surface area contributed by atoms with Crippen LogP contribution in [0, 0.1) is 35.0 Å². The molecule has 7 fully saturated rings. The molecule has 10 nitrogen and oxygen atoms in total.